The van der Waals surface area contributed by atoms with Gasteiger partial charge in [-0.25, -0.2) is 4.79 Å². The molecule has 1 N–H and O–H groups in total. The number of benzene rings is 1. The van der Waals surface area contributed by atoms with Crippen molar-refractivity contribution in [2.75, 3.05) is 32.4 Å². The normalized spacial score (nSPS) is 10.7. The van der Waals surface area contributed by atoms with E-state index in [0.29, 0.717) is 46.0 Å². The predicted octanol–water partition coefficient (Wildman–Crippen LogP) is 4.60. The number of thioether (sulfide) groups is 1. The fourth-order valence-electron chi connectivity index (χ4n) is 3.58. The van der Waals surface area contributed by atoms with Gasteiger partial charge in [0, 0.05) is 17.0 Å². The summed E-state index contributed by atoms with van der Waals surface area (Å²) in [5.74, 6) is 1.16. The molecule has 0 aliphatic rings. The van der Waals surface area contributed by atoms with E-state index in [-0.39, 0.29) is 11.7 Å². The van der Waals surface area contributed by atoms with E-state index in [1.165, 1.54) is 30.2 Å². The molecule has 0 unspecified atom stereocenters. The van der Waals surface area contributed by atoms with Crippen molar-refractivity contribution in [2.24, 2.45) is 0 Å². The molecule has 11 heteroatoms. The van der Waals surface area contributed by atoms with Gasteiger partial charge in [-0.05, 0) is 37.1 Å². The Kier molecular flexibility index (Phi) is 8.94. The quantitative estimate of drug-likeness (QED) is 0.224. The summed E-state index contributed by atoms with van der Waals surface area (Å²) in [6.45, 7) is 8.17. The summed E-state index contributed by atoms with van der Waals surface area (Å²) in [5, 5.41) is 12.5. The molecule has 1 amide bonds. The number of aryl methyl sites for hydroxylation is 1. The third kappa shape index (κ3) is 5.68. The van der Waals surface area contributed by atoms with Crippen molar-refractivity contribution < 1.29 is 23.8 Å². The lowest BCUT2D eigenvalue weighted by Crippen LogP contribution is -2.16. The Balaban J connectivity index is 1.80. The van der Waals surface area contributed by atoms with Crippen molar-refractivity contribution in [3.63, 3.8) is 0 Å². The van der Waals surface area contributed by atoms with Crippen LogP contribution in [0.1, 0.15) is 27.7 Å². The number of hydrogen-bond acceptors (Lipinski definition) is 9. The minimum Gasteiger partial charge on any atom is -0.493 e. The number of carbonyl (C=O) groups is 2. The first kappa shape index (κ1) is 26.3. The monoisotopic (exact) mass is 516 g/mol. The lowest BCUT2D eigenvalue weighted by atomic mass is 10.1. The predicted molar refractivity (Wildman–Crippen MR) is 138 cm³/mol. The average Bonchev–Trinajstić information content (AvgIpc) is 3.41. The number of rotatable bonds is 11. The Morgan fingerprint density at radius 2 is 1.94 bits per heavy atom. The van der Waals surface area contributed by atoms with Crippen molar-refractivity contribution in [1.29, 1.82) is 0 Å². The lowest BCUT2D eigenvalue weighted by molar-refractivity contribution is -0.113. The molecule has 0 fully saturated rings. The largest absolute Gasteiger partial charge is 0.493 e. The van der Waals surface area contributed by atoms with Crippen LogP contribution in [0.5, 0.6) is 11.5 Å². The highest BCUT2D eigenvalue weighted by Gasteiger charge is 2.23. The molecule has 0 atom stereocenters. The van der Waals surface area contributed by atoms with Crippen molar-refractivity contribution in [2.45, 2.75) is 32.0 Å². The third-order valence-corrected chi connectivity index (χ3v) is 7.24. The zero-order chi connectivity index (χ0) is 25.5. The maximum absolute atomic E-state index is 12.8. The van der Waals surface area contributed by atoms with E-state index in [9.17, 15) is 9.59 Å². The van der Waals surface area contributed by atoms with Gasteiger partial charge in [0.25, 0.3) is 0 Å². The number of aromatic nitrogens is 3. The van der Waals surface area contributed by atoms with Crippen molar-refractivity contribution >= 4 is 40.0 Å². The molecular formula is C24H28N4O5S2. The average molecular weight is 517 g/mol. The standard InChI is InChI=1S/C24H28N4O5S2/c1-7-11-28-21(15-9-10-17(31-4)18(12-15)32-5)26-27-24(28)34-13-19(29)25-22-20(23(30)33-6)16(8-2)14(3)35-22/h7,9-10,12H,1,8,11,13H2,2-6H3,(H,25,29). The summed E-state index contributed by atoms with van der Waals surface area (Å²) in [6, 6.07) is 5.49. The summed E-state index contributed by atoms with van der Waals surface area (Å²) in [4.78, 5) is 26.1. The van der Waals surface area contributed by atoms with Crippen LogP contribution >= 0.6 is 23.1 Å². The molecule has 2 aromatic heterocycles. The number of allylic oxidation sites excluding steroid dienone is 1. The van der Waals surface area contributed by atoms with Gasteiger partial charge < -0.3 is 19.5 Å². The van der Waals surface area contributed by atoms with Crippen LogP contribution in [0.4, 0.5) is 5.00 Å². The van der Waals surface area contributed by atoms with Gasteiger partial charge in [0.2, 0.25) is 5.91 Å². The summed E-state index contributed by atoms with van der Waals surface area (Å²) < 4.78 is 17.5. The minimum absolute atomic E-state index is 0.0836. The van der Waals surface area contributed by atoms with Gasteiger partial charge in [0.05, 0.1) is 32.6 Å². The van der Waals surface area contributed by atoms with Crippen LogP contribution in [0, 0.1) is 6.92 Å². The van der Waals surface area contributed by atoms with E-state index in [1.54, 1.807) is 26.4 Å². The molecule has 0 bridgehead atoms. The second-order valence-electron chi connectivity index (χ2n) is 7.30. The zero-order valence-corrected chi connectivity index (χ0v) is 22.0. The van der Waals surface area contributed by atoms with Crippen LogP contribution < -0.4 is 14.8 Å². The topological polar surface area (TPSA) is 105 Å². The molecular weight excluding hydrogens is 488 g/mol. The number of nitrogens with one attached hydrogen (secondary N) is 1. The molecule has 3 rings (SSSR count). The van der Waals surface area contributed by atoms with Crippen molar-refractivity contribution in [3.8, 4) is 22.9 Å². The zero-order valence-electron chi connectivity index (χ0n) is 20.3. The molecule has 0 spiro atoms. The van der Waals surface area contributed by atoms with E-state index in [2.05, 4.69) is 22.1 Å². The van der Waals surface area contributed by atoms with Gasteiger partial charge in [0.1, 0.15) is 5.00 Å². The number of carbonyl (C=O) groups excluding carboxylic acids is 2. The fourth-order valence-corrected chi connectivity index (χ4v) is 5.48. The Labute approximate surface area is 212 Å². The molecule has 0 saturated heterocycles. The van der Waals surface area contributed by atoms with Crippen molar-refractivity contribution in [3.05, 3.63) is 46.9 Å². The Hall–Kier alpha value is -3.31. The minimum atomic E-state index is -0.459. The second kappa shape index (κ2) is 11.9. The first-order valence-electron chi connectivity index (χ1n) is 10.8. The summed E-state index contributed by atoms with van der Waals surface area (Å²) in [6.07, 6.45) is 2.40. The fraction of sp³-hybridized carbons (Fsp3) is 0.333. The highest BCUT2D eigenvalue weighted by Crippen LogP contribution is 2.35. The Bertz CT molecular complexity index is 1230. The molecule has 0 aliphatic heterocycles. The smallest absolute Gasteiger partial charge is 0.341 e. The van der Waals surface area contributed by atoms with Crippen LogP contribution in [0.2, 0.25) is 0 Å². The number of anilines is 1. The molecule has 9 nitrogen and oxygen atoms in total. The first-order valence-corrected chi connectivity index (χ1v) is 12.6. The van der Waals surface area contributed by atoms with Gasteiger partial charge >= 0.3 is 5.97 Å². The molecule has 3 aromatic rings. The maximum Gasteiger partial charge on any atom is 0.341 e. The lowest BCUT2D eigenvalue weighted by Gasteiger charge is -2.11. The van der Waals surface area contributed by atoms with Crippen molar-refractivity contribution in [1.82, 2.24) is 14.8 Å². The Morgan fingerprint density at radius 1 is 1.20 bits per heavy atom. The maximum atomic E-state index is 12.8. The molecule has 2 heterocycles. The molecule has 186 valence electrons. The molecule has 0 aliphatic carbocycles. The van der Waals surface area contributed by atoms with E-state index in [1.807, 2.05) is 30.5 Å². The number of methoxy groups -OCH3 is 3. The van der Waals surface area contributed by atoms with Gasteiger partial charge in [-0.3, -0.25) is 9.36 Å². The number of nitrogens with zero attached hydrogens (tertiary/aromatic N) is 3. The van der Waals surface area contributed by atoms with Crippen LogP contribution in [-0.4, -0.2) is 53.7 Å². The molecule has 1 aromatic carbocycles. The highest BCUT2D eigenvalue weighted by atomic mass is 32.2. The Morgan fingerprint density at radius 3 is 2.57 bits per heavy atom. The number of esters is 1. The van der Waals surface area contributed by atoms with Gasteiger partial charge in [-0.2, -0.15) is 0 Å². The van der Waals surface area contributed by atoms with E-state index < -0.39 is 5.97 Å². The first-order chi connectivity index (χ1) is 16.9. The van der Waals surface area contributed by atoms with E-state index in [4.69, 9.17) is 14.2 Å². The van der Waals surface area contributed by atoms with E-state index >= 15 is 0 Å². The second-order valence-corrected chi connectivity index (χ2v) is 9.47. The SMILES string of the molecule is C=CCn1c(SCC(=O)Nc2sc(C)c(CC)c2C(=O)OC)nnc1-c1ccc(OC)c(OC)c1. The molecule has 0 saturated carbocycles. The summed E-state index contributed by atoms with van der Waals surface area (Å²) in [5.41, 5.74) is 2.09. The molecule has 35 heavy (non-hydrogen) atoms. The van der Waals surface area contributed by atoms with E-state index in [0.717, 1.165) is 16.0 Å². The van der Waals surface area contributed by atoms with Crippen LogP contribution in [0.3, 0.4) is 0 Å². The van der Waals surface area contributed by atoms with Gasteiger partial charge in [-0.1, -0.05) is 24.8 Å². The third-order valence-electron chi connectivity index (χ3n) is 5.21. The van der Waals surface area contributed by atoms with Gasteiger partial charge in [0.15, 0.2) is 22.5 Å². The number of ether oxygens (including phenoxy) is 3. The van der Waals surface area contributed by atoms with Crippen LogP contribution in [-0.2, 0) is 22.5 Å². The summed E-state index contributed by atoms with van der Waals surface area (Å²) in [7, 11) is 4.48. The van der Waals surface area contributed by atoms with Gasteiger partial charge in [-0.15, -0.1) is 28.1 Å². The van der Waals surface area contributed by atoms with Crippen LogP contribution in [0.25, 0.3) is 11.4 Å². The highest BCUT2D eigenvalue weighted by molar-refractivity contribution is 7.99. The molecule has 0 radical (unpaired) electrons. The number of amides is 1. The van der Waals surface area contributed by atoms with Crippen LogP contribution in [0.15, 0.2) is 36.0 Å². The number of thiophene rings is 1. The summed E-state index contributed by atoms with van der Waals surface area (Å²) >= 11 is 2.61. The number of hydrogen-bond donors (Lipinski definition) is 1.